The third kappa shape index (κ3) is 1.72. The summed E-state index contributed by atoms with van der Waals surface area (Å²) in [5.41, 5.74) is 1.20. The van der Waals surface area contributed by atoms with Crippen molar-refractivity contribution in [2.45, 2.75) is 32.8 Å². The van der Waals surface area contributed by atoms with Crippen LogP contribution in [0, 0.1) is 5.41 Å². The summed E-state index contributed by atoms with van der Waals surface area (Å²) in [4.78, 5) is 0. The van der Waals surface area contributed by atoms with E-state index in [9.17, 15) is 5.11 Å². The van der Waals surface area contributed by atoms with E-state index in [4.69, 9.17) is 0 Å². The van der Waals surface area contributed by atoms with Gasteiger partial charge in [-0.15, -0.1) is 0 Å². The first-order valence-corrected chi connectivity index (χ1v) is 4.08. The molecule has 0 spiro atoms. The lowest BCUT2D eigenvalue weighted by Gasteiger charge is -2.32. The Labute approximate surface area is 68.4 Å². The van der Waals surface area contributed by atoms with Crippen LogP contribution < -0.4 is 0 Å². The van der Waals surface area contributed by atoms with E-state index < -0.39 is 0 Å². The van der Waals surface area contributed by atoms with E-state index in [0.717, 1.165) is 12.8 Å². The number of hydrogen-bond acceptors (Lipinski definition) is 1. The van der Waals surface area contributed by atoms with E-state index >= 15 is 0 Å². The number of allylic oxidation sites excluding steroid dienone is 2. The van der Waals surface area contributed by atoms with Gasteiger partial charge >= 0.3 is 0 Å². The molecule has 1 N–H and O–H groups in total. The molecule has 0 saturated heterocycles. The van der Waals surface area contributed by atoms with Gasteiger partial charge in [0.05, 0.1) is 6.10 Å². The summed E-state index contributed by atoms with van der Waals surface area (Å²) < 4.78 is 0. The molecule has 0 aromatic rings. The smallest absolute Gasteiger partial charge is 0.0628 e. The predicted octanol–water partition coefficient (Wildman–Crippen LogP) is 2.28. The average Bonchev–Trinajstić information content (AvgIpc) is 1.95. The summed E-state index contributed by atoms with van der Waals surface area (Å²) >= 11 is 0. The van der Waals surface area contributed by atoms with Gasteiger partial charge in [-0.1, -0.05) is 38.2 Å². The van der Waals surface area contributed by atoms with Crippen LogP contribution in [-0.4, -0.2) is 11.2 Å². The fourth-order valence-electron chi connectivity index (χ4n) is 1.48. The van der Waals surface area contributed by atoms with Crippen molar-refractivity contribution in [2.75, 3.05) is 0 Å². The zero-order valence-corrected chi connectivity index (χ0v) is 7.30. The second-order valence-electron chi connectivity index (χ2n) is 3.80. The SMILES string of the molecule is C=CC1=CC(C)(C)C(O)CC1. The molecule has 0 saturated carbocycles. The first-order chi connectivity index (χ1) is 5.06. The maximum atomic E-state index is 9.57. The summed E-state index contributed by atoms with van der Waals surface area (Å²) in [5.74, 6) is 0. The van der Waals surface area contributed by atoms with Gasteiger partial charge in [-0.3, -0.25) is 0 Å². The van der Waals surface area contributed by atoms with Crippen molar-refractivity contribution < 1.29 is 5.11 Å². The molecule has 0 aromatic heterocycles. The zero-order chi connectivity index (χ0) is 8.48. The molecule has 1 unspecified atom stereocenters. The van der Waals surface area contributed by atoms with Crippen LogP contribution in [0.5, 0.6) is 0 Å². The first-order valence-electron chi connectivity index (χ1n) is 4.08. The van der Waals surface area contributed by atoms with Gasteiger partial charge in [0.1, 0.15) is 0 Å². The van der Waals surface area contributed by atoms with Crippen LogP contribution in [0.15, 0.2) is 24.3 Å². The van der Waals surface area contributed by atoms with E-state index in [-0.39, 0.29) is 11.5 Å². The molecule has 62 valence electrons. The lowest BCUT2D eigenvalue weighted by molar-refractivity contribution is 0.0673. The Hall–Kier alpha value is -0.560. The number of aliphatic hydroxyl groups excluding tert-OH is 1. The van der Waals surface area contributed by atoms with Crippen LogP contribution in [0.2, 0.25) is 0 Å². The minimum atomic E-state index is -0.189. The summed E-state index contributed by atoms with van der Waals surface area (Å²) in [6.07, 6.45) is 5.65. The number of rotatable bonds is 1. The highest BCUT2D eigenvalue weighted by Crippen LogP contribution is 2.33. The van der Waals surface area contributed by atoms with Gasteiger partial charge in [-0.2, -0.15) is 0 Å². The summed E-state index contributed by atoms with van der Waals surface area (Å²) in [5, 5.41) is 9.57. The third-order valence-electron chi connectivity index (χ3n) is 2.38. The molecule has 1 heteroatoms. The largest absolute Gasteiger partial charge is 0.392 e. The van der Waals surface area contributed by atoms with Gasteiger partial charge in [-0.25, -0.2) is 0 Å². The minimum absolute atomic E-state index is 0.0677. The fourth-order valence-corrected chi connectivity index (χ4v) is 1.48. The predicted molar refractivity (Wildman–Crippen MR) is 47.3 cm³/mol. The number of aliphatic hydroxyl groups is 1. The maximum Gasteiger partial charge on any atom is 0.0628 e. The molecule has 1 rings (SSSR count). The minimum Gasteiger partial charge on any atom is -0.392 e. The Morgan fingerprint density at radius 3 is 2.82 bits per heavy atom. The first kappa shape index (κ1) is 8.54. The highest BCUT2D eigenvalue weighted by Gasteiger charge is 2.28. The Morgan fingerprint density at radius 1 is 1.73 bits per heavy atom. The van der Waals surface area contributed by atoms with Crippen molar-refractivity contribution in [3.8, 4) is 0 Å². The molecule has 1 aliphatic rings. The van der Waals surface area contributed by atoms with E-state index in [1.165, 1.54) is 5.57 Å². The summed E-state index contributed by atoms with van der Waals surface area (Å²) in [7, 11) is 0. The van der Waals surface area contributed by atoms with Crippen LogP contribution in [-0.2, 0) is 0 Å². The molecule has 0 fully saturated rings. The zero-order valence-electron chi connectivity index (χ0n) is 7.30. The lowest BCUT2D eigenvalue weighted by Crippen LogP contribution is -2.30. The Balaban J connectivity index is 2.84. The van der Waals surface area contributed by atoms with Gasteiger partial charge in [0, 0.05) is 5.41 Å². The standard InChI is InChI=1S/C10H16O/c1-4-8-5-6-9(11)10(2,3)7-8/h4,7,9,11H,1,5-6H2,2-3H3. The molecule has 0 bridgehead atoms. The molecule has 0 aliphatic heterocycles. The molecule has 11 heavy (non-hydrogen) atoms. The molecule has 1 aliphatic carbocycles. The van der Waals surface area contributed by atoms with Crippen molar-refractivity contribution in [3.05, 3.63) is 24.3 Å². The Bertz CT molecular complexity index is 189. The maximum absolute atomic E-state index is 9.57. The van der Waals surface area contributed by atoms with Gasteiger partial charge in [0.15, 0.2) is 0 Å². The van der Waals surface area contributed by atoms with Crippen molar-refractivity contribution in [3.63, 3.8) is 0 Å². The second kappa shape index (κ2) is 2.82. The van der Waals surface area contributed by atoms with Gasteiger partial charge in [-0.05, 0) is 12.8 Å². The molecule has 0 radical (unpaired) electrons. The third-order valence-corrected chi connectivity index (χ3v) is 2.38. The van der Waals surface area contributed by atoms with Crippen LogP contribution >= 0.6 is 0 Å². The van der Waals surface area contributed by atoms with Crippen molar-refractivity contribution in [1.82, 2.24) is 0 Å². The molecular weight excluding hydrogens is 136 g/mol. The van der Waals surface area contributed by atoms with Gasteiger partial charge in [0.25, 0.3) is 0 Å². The molecule has 1 atom stereocenters. The highest BCUT2D eigenvalue weighted by molar-refractivity contribution is 5.23. The summed E-state index contributed by atoms with van der Waals surface area (Å²) in [6, 6.07) is 0. The Morgan fingerprint density at radius 2 is 2.36 bits per heavy atom. The monoisotopic (exact) mass is 152 g/mol. The van der Waals surface area contributed by atoms with Crippen molar-refractivity contribution in [1.29, 1.82) is 0 Å². The normalized spacial score (nSPS) is 29.4. The van der Waals surface area contributed by atoms with Crippen molar-refractivity contribution in [2.24, 2.45) is 5.41 Å². The number of hydrogen-bond donors (Lipinski definition) is 1. The van der Waals surface area contributed by atoms with E-state index in [1.54, 1.807) is 0 Å². The molecule has 0 heterocycles. The van der Waals surface area contributed by atoms with Crippen LogP contribution in [0.3, 0.4) is 0 Å². The van der Waals surface area contributed by atoms with Crippen molar-refractivity contribution >= 4 is 0 Å². The topological polar surface area (TPSA) is 20.2 Å². The summed E-state index contributed by atoms with van der Waals surface area (Å²) in [6.45, 7) is 7.84. The molecule has 1 nitrogen and oxygen atoms in total. The van der Waals surface area contributed by atoms with Gasteiger partial charge in [0.2, 0.25) is 0 Å². The quantitative estimate of drug-likeness (QED) is 0.611. The van der Waals surface area contributed by atoms with E-state index in [0.29, 0.717) is 0 Å². The molecule has 0 amide bonds. The molecular formula is C10H16O. The fraction of sp³-hybridized carbons (Fsp3) is 0.600. The van der Waals surface area contributed by atoms with Crippen LogP contribution in [0.25, 0.3) is 0 Å². The second-order valence-corrected chi connectivity index (χ2v) is 3.80. The van der Waals surface area contributed by atoms with Crippen LogP contribution in [0.1, 0.15) is 26.7 Å². The van der Waals surface area contributed by atoms with E-state index in [2.05, 4.69) is 26.5 Å². The van der Waals surface area contributed by atoms with E-state index in [1.807, 2.05) is 6.08 Å². The Kier molecular flexibility index (Phi) is 2.19. The highest BCUT2D eigenvalue weighted by atomic mass is 16.3. The lowest BCUT2D eigenvalue weighted by atomic mass is 9.77. The average molecular weight is 152 g/mol. The van der Waals surface area contributed by atoms with Crippen LogP contribution in [0.4, 0.5) is 0 Å². The molecule has 0 aromatic carbocycles. The van der Waals surface area contributed by atoms with Gasteiger partial charge < -0.3 is 5.11 Å².